The summed E-state index contributed by atoms with van der Waals surface area (Å²) in [5, 5.41) is 7.05. The number of nitrogens with zero attached hydrogens (tertiary/aromatic N) is 3. The van der Waals surface area contributed by atoms with Gasteiger partial charge in [-0.1, -0.05) is 12.8 Å². The van der Waals surface area contributed by atoms with E-state index in [2.05, 4.69) is 34.1 Å². The molecule has 1 atom stereocenters. The second kappa shape index (κ2) is 8.48. The highest BCUT2D eigenvalue weighted by Gasteiger charge is 2.19. The number of piperidine rings is 1. The van der Waals surface area contributed by atoms with Gasteiger partial charge >= 0.3 is 0 Å². The first-order valence-corrected chi connectivity index (χ1v) is 7.70. The Kier molecular flexibility index (Phi) is 6.29. The van der Waals surface area contributed by atoms with Crippen molar-refractivity contribution in [3.63, 3.8) is 0 Å². The molecule has 5 nitrogen and oxygen atoms in total. The number of likely N-dealkylation sites (tertiary alicyclic amines) is 1. The van der Waals surface area contributed by atoms with Crippen LogP contribution < -0.4 is 5.32 Å². The van der Waals surface area contributed by atoms with E-state index in [9.17, 15) is 4.79 Å². The summed E-state index contributed by atoms with van der Waals surface area (Å²) in [5.41, 5.74) is 0. The van der Waals surface area contributed by atoms with Gasteiger partial charge in [0.2, 0.25) is 5.91 Å². The van der Waals surface area contributed by atoms with Crippen LogP contribution in [0.5, 0.6) is 0 Å². The Morgan fingerprint density at radius 1 is 1.48 bits per heavy atom. The maximum absolute atomic E-state index is 11.8. The van der Waals surface area contributed by atoms with Gasteiger partial charge in [0.15, 0.2) is 0 Å². The second-order valence-electron chi connectivity index (χ2n) is 5.46. The Bertz CT molecular complexity index is 486. The van der Waals surface area contributed by atoms with Gasteiger partial charge in [0, 0.05) is 31.9 Å². The van der Waals surface area contributed by atoms with E-state index in [0.29, 0.717) is 12.5 Å². The lowest BCUT2D eigenvalue weighted by atomic mass is 9.98. The fraction of sp³-hybridized carbons (Fsp3) is 0.625. The number of amides is 1. The number of carbonyl (C=O) groups is 1. The van der Waals surface area contributed by atoms with Gasteiger partial charge in [0.05, 0.1) is 6.54 Å². The normalized spacial score (nSPS) is 18.8. The molecule has 0 bridgehead atoms. The van der Waals surface area contributed by atoms with Crippen LogP contribution in [0.15, 0.2) is 18.5 Å². The molecule has 2 rings (SSSR count). The number of rotatable bonds is 5. The molecule has 1 aromatic heterocycles. The first-order valence-electron chi connectivity index (χ1n) is 7.70. The van der Waals surface area contributed by atoms with E-state index in [1.807, 2.05) is 6.07 Å². The molecule has 1 saturated heterocycles. The molecule has 1 aromatic rings. The van der Waals surface area contributed by atoms with Crippen molar-refractivity contribution >= 4 is 5.91 Å². The van der Waals surface area contributed by atoms with Crippen LogP contribution in [0, 0.1) is 17.8 Å². The van der Waals surface area contributed by atoms with E-state index in [1.165, 1.54) is 12.8 Å². The Labute approximate surface area is 126 Å². The number of aromatic nitrogens is 2. The van der Waals surface area contributed by atoms with Crippen molar-refractivity contribution < 1.29 is 4.79 Å². The van der Waals surface area contributed by atoms with E-state index >= 15 is 0 Å². The summed E-state index contributed by atoms with van der Waals surface area (Å²) in [6.45, 7) is 6.12. The lowest BCUT2D eigenvalue weighted by molar-refractivity contribution is -0.122. The molecule has 1 amide bonds. The van der Waals surface area contributed by atoms with Crippen molar-refractivity contribution in [2.24, 2.45) is 5.92 Å². The monoisotopic (exact) mass is 288 g/mol. The van der Waals surface area contributed by atoms with Crippen LogP contribution in [0.1, 0.15) is 26.2 Å². The molecule has 0 saturated carbocycles. The zero-order valence-corrected chi connectivity index (χ0v) is 12.7. The predicted molar refractivity (Wildman–Crippen MR) is 82.5 cm³/mol. The van der Waals surface area contributed by atoms with E-state index in [0.717, 1.165) is 32.6 Å². The van der Waals surface area contributed by atoms with Crippen molar-refractivity contribution in [1.29, 1.82) is 0 Å². The van der Waals surface area contributed by atoms with Crippen LogP contribution in [-0.2, 0) is 11.3 Å². The minimum absolute atomic E-state index is 0.0293. The summed E-state index contributed by atoms with van der Waals surface area (Å²) in [4.78, 5) is 14.2. The van der Waals surface area contributed by atoms with Gasteiger partial charge in [-0.25, -0.2) is 0 Å². The minimum Gasteiger partial charge on any atom is -0.354 e. The van der Waals surface area contributed by atoms with E-state index < -0.39 is 0 Å². The average molecular weight is 288 g/mol. The standard InChI is InChI=1S/C16H24N4O/c1-2-3-4-9-19-10-5-7-15(13-19)12-17-16(21)14-20-11-6-8-18-20/h6,8,11,15H,2,5,7,9-10,12-14H2,1H3,(H,17,21). The highest BCUT2D eigenvalue weighted by Crippen LogP contribution is 2.15. The van der Waals surface area contributed by atoms with Crippen molar-refractivity contribution in [1.82, 2.24) is 20.0 Å². The summed E-state index contributed by atoms with van der Waals surface area (Å²) < 4.78 is 1.64. The van der Waals surface area contributed by atoms with Crippen LogP contribution in [-0.4, -0.2) is 46.8 Å². The van der Waals surface area contributed by atoms with Gasteiger partial charge in [0.25, 0.3) is 0 Å². The zero-order chi connectivity index (χ0) is 14.9. The van der Waals surface area contributed by atoms with E-state index in [1.54, 1.807) is 17.1 Å². The van der Waals surface area contributed by atoms with Gasteiger partial charge in [0.1, 0.15) is 6.54 Å². The van der Waals surface area contributed by atoms with Gasteiger partial charge in [-0.05, 0) is 31.4 Å². The zero-order valence-electron chi connectivity index (χ0n) is 12.7. The predicted octanol–water partition coefficient (Wildman–Crippen LogP) is 1.12. The molecule has 1 fully saturated rings. The van der Waals surface area contributed by atoms with Crippen LogP contribution in [0.25, 0.3) is 0 Å². The van der Waals surface area contributed by atoms with E-state index in [-0.39, 0.29) is 5.91 Å². The third-order valence-corrected chi connectivity index (χ3v) is 3.66. The molecule has 0 spiro atoms. The Hall–Kier alpha value is -1.80. The second-order valence-corrected chi connectivity index (χ2v) is 5.46. The maximum Gasteiger partial charge on any atom is 0.241 e. The number of hydrogen-bond acceptors (Lipinski definition) is 3. The molecular weight excluding hydrogens is 264 g/mol. The fourth-order valence-electron chi connectivity index (χ4n) is 2.61. The number of nitrogens with one attached hydrogen (secondary N) is 1. The highest BCUT2D eigenvalue weighted by atomic mass is 16.2. The summed E-state index contributed by atoms with van der Waals surface area (Å²) >= 11 is 0. The summed E-state index contributed by atoms with van der Waals surface area (Å²) in [6.07, 6.45) is 6.77. The topological polar surface area (TPSA) is 50.2 Å². The molecule has 1 aliphatic heterocycles. The highest BCUT2D eigenvalue weighted by molar-refractivity contribution is 5.75. The molecule has 2 heterocycles. The first-order chi connectivity index (χ1) is 10.3. The molecule has 5 heteroatoms. The van der Waals surface area contributed by atoms with E-state index in [4.69, 9.17) is 0 Å². The summed E-state index contributed by atoms with van der Waals surface area (Å²) in [7, 11) is 0. The Balaban J connectivity index is 1.68. The van der Waals surface area contributed by atoms with Gasteiger partial charge in [-0.2, -0.15) is 5.10 Å². The number of carbonyl (C=O) groups excluding carboxylic acids is 1. The third-order valence-electron chi connectivity index (χ3n) is 3.66. The Morgan fingerprint density at radius 2 is 2.38 bits per heavy atom. The smallest absolute Gasteiger partial charge is 0.241 e. The summed E-state index contributed by atoms with van der Waals surface area (Å²) in [5.74, 6) is 6.87. The average Bonchev–Trinajstić information content (AvgIpc) is 2.99. The van der Waals surface area contributed by atoms with Gasteiger partial charge < -0.3 is 5.32 Å². The van der Waals surface area contributed by atoms with Crippen LogP contribution in [0.3, 0.4) is 0 Å². The molecule has 0 aliphatic carbocycles. The molecule has 21 heavy (non-hydrogen) atoms. The van der Waals surface area contributed by atoms with Crippen molar-refractivity contribution in [2.45, 2.75) is 32.7 Å². The lowest BCUT2D eigenvalue weighted by Crippen LogP contribution is -2.41. The largest absolute Gasteiger partial charge is 0.354 e. The van der Waals surface area contributed by atoms with Crippen molar-refractivity contribution in [2.75, 3.05) is 26.2 Å². The first kappa shape index (κ1) is 15.6. The fourth-order valence-corrected chi connectivity index (χ4v) is 2.61. The Morgan fingerprint density at radius 3 is 3.14 bits per heavy atom. The third kappa shape index (κ3) is 5.60. The molecule has 1 N–H and O–H groups in total. The maximum atomic E-state index is 11.8. The molecule has 1 unspecified atom stereocenters. The molecule has 0 radical (unpaired) electrons. The van der Waals surface area contributed by atoms with Gasteiger partial charge in [-0.15, -0.1) is 5.92 Å². The molecular formula is C16H24N4O. The lowest BCUT2D eigenvalue weighted by Gasteiger charge is -2.31. The van der Waals surface area contributed by atoms with Crippen molar-refractivity contribution in [3.8, 4) is 11.8 Å². The minimum atomic E-state index is 0.0293. The van der Waals surface area contributed by atoms with Crippen LogP contribution in [0.4, 0.5) is 0 Å². The number of hydrogen-bond donors (Lipinski definition) is 1. The summed E-state index contributed by atoms with van der Waals surface area (Å²) in [6, 6.07) is 1.82. The molecule has 0 aromatic carbocycles. The molecule has 1 aliphatic rings. The molecule has 114 valence electrons. The van der Waals surface area contributed by atoms with Crippen LogP contribution >= 0.6 is 0 Å². The van der Waals surface area contributed by atoms with Gasteiger partial charge in [-0.3, -0.25) is 14.4 Å². The van der Waals surface area contributed by atoms with Crippen LogP contribution in [0.2, 0.25) is 0 Å². The SMILES string of the molecule is CCC#CCN1CCCC(CNC(=O)Cn2cccn2)C1. The quantitative estimate of drug-likeness (QED) is 0.826. The van der Waals surface area contributed by atoms with Crippen molar-refractivity contribution in [3.05, 3.63) is 18.5 Å².